The van der Waals surface area contributed by atoms with Gasteiger partial charge in [0.1, 0.15) is 5.52 Å². The summed E-state index contributed by atoms with van der Waals surface area (Å²) >= 11 is 5.79. The van der Waals surface area contributed by atoms with Crippen LogP contribution in [0.3, 0.4) is 0 Å². The fourth-order valence-electron chi connectivity index (χ4n) is 1.79. The molecule has 1 unspecified atom stereocenters. The lowest BCUT2D eigenvalue weighted by Crippen LogP contribution is -2.05. The van der Waals surface area contributed by atoms with E-state index < -0.39 is 0 Å². The monoisotopic (exact) mass is 239 g/mol. The molecule has 5 nitrogen and oxygen atoms in total. The highest BCUT2D eigenvalue weighted by atomic mass is 35.5. The highest BCUT2D eigenvalue weighted by Gasteiger charge is 2.13. The molecule has 0 saturated heterocycles. The van der Waals surface area contributed by atoms with Crippen LogP contribution in [0.4, 0.5) is 5.82 Å². The molecule has 0 bridgehead atoms. The molecule has 2 N–H and O–H groups in total. The average molecular weight is 240 g/mol. The number of nitrogens with two attached hydrogens (primary N) is 1. The molecule has 2 aromatic heterocycles. The Morgan fingerprint density at radius 3 is 2.94 bits per heavy atom. The van der Waals surface area contributed by atoms with Gasteiger partial charge in [-0.1, -0.05) is 13.3 Å². The van der Waals surface area contributed by atoms with E-state index in [0.29, 0.717) is 23.0 Å². The summed E-state index contributed by atoms with van der Waals surface area (Å²) in [5, 5.41) is 0.162. The Kier molecular flexibility index (Phi) is 2.96. The summed E-state index contributed by atoms with van der Waals surface area (Å²) in [6, 6.07) is 0.334. The van der Waals surface area contributed by atoms with Crippen molar-refractivity contribution in [3.63, 3.8) is 0 Å². The number of fused-ring (bicyclic) bond motifs is 1. The Balaban J connectivity index is 2.55. The molecule has 0 aliphatic carbocycles. The summed E-state index contributed by atoms with van der Waals surface area (Å²) in [6.07, 6.45) is 3.91. The lowest BCUT2D eigenvalue weighted by atomic mass is 10.2. The molecular weight excluding hydrogens is 226 g/mol. The van der Waals surface area contributed by atoms with E-state index in [2.05, 4.69) is 28.8 Å². The molecule has 6 heteroatoms. The van der Waals surface area contributed by atoms with Gasteiger partial charge >= 0.3 is 0 Å². The molecule has 0 radical (unpaired) electrons. The first kappa shape index (κ1) is 11.1. The summed E-state index contributed by atoms with van der Waals surface area (Å²) in [5.74, 6) is 0.331. The van der Waals surface area contributed by atoms with Crippen molar-refractivity contribution >= 4 is 28.6 Å². The van der Waals surface area contributed by atoms with Gasteiger partial charge < -0.3 is 10.3 Å². The molecule has 0 aliphatic heterocycles. The largest absolute Gasteiger partial charge is 0.382 e. The SMILES string of the molecule is CCCC(C)n1cnc2c(N)nc(Cl)nc21. The van der Waals surface area contributed by atoms with Gasteiger partial charge in [-0.05, 0) is 24.9 Å². The molecule has 2 heterocycles. The normalized spacial score (nSPS) is 13.2. The maximum Gasteiger partial charge on any atom is 0.226 e. The van der Waals surface area contributed by atoms with Crippen LogP contribution < -0.4 is 5.73 Å². The summed E-state index contributed by atoms with van der Waals surface area (Å²) in [4.78, 5) is 12.3. The summed E-state index contributed by atoms with van der Waals surface area (Å²) < 4.78 is 1.99. The van der Waals surface area contributed by atoms with Crippen LogP contribution in [0.15, 0.2) is 6.33 Å². The molecule has 2 aromatic rings. The first-order valence-corrected chi connectivity index (χ1v) is 5.66. The van der Waals surface area contributed by atoms with E-state index in [4.69, 9.17) is 17.3 Å². The topological polar surface area (TPSA) is 69.6 Å². The van der Waals surface area contributed by atoms with E-state index in [9.17, 15) is 0 Å². The third kappa shape index (κ3) is 1.82. The third-order valence-corrected chi connectivity index (χ3v) is 2.77. The minimum Gasteiger partial charge on any atom is -0.382 e. The maximum atomic E-state index is 5.79. The van der Waals surface area contributed by atoms with E-state index in [1.807, 2.05) is 4.57 Å². The molecule has 0 spiro atoms. The molecule has 0 amide bonds. The molecule has 86 valence electrons. The van der Waals surface area contributed by atoms with E-state index in [-0.39, 0.29) is 5.28 Å². The summed E-state index contributed by atoms with van der Waals surface area (Å²) in [6.45, 7) is 4.27. The Bertz CT molecular complexity index is 507. The minimum absolute atomic E-state index is 0.162. The predicted octanol–water partition coefficient (Wildman–Crippen LogP) is 2.42. The van der Waals surface area contributed by atoms with Crippen LogP contribution in [0.1, 0.15) is 32.7 Å². The van der Waals surface area contributed by atoms with Gasteiger partial charge in [-0.3, -0.25) is 0 Å². The molecule has 0 fully saturated rings. The molecule has 0 aromatic carbocycles. The molecule has 0 saturated carbocycles. The number of anilines is 1. The Morgan fingerprint density at radius 2 is 2.25 bits per heavy atom. The van der Waals surface area contributed by atoms with Gasteiger partial charge in [-0.2, -0.15) is 9.97 Å². The number of aromatic nitrogens is 4. The quantitative estimate of drug-likeness (QED) is 0.836. The van der Waals surface area contributed by atoms with E-state index in [1.165, 1.54) is 0 Å². The van der Waals surface area contributed by atoms with Gasteiger partial charge in [-0.25, -0.2) is 4.98 Å². The third-order valence-electron chi connectivity index (χ3n) is 2.60. The van der Waals surface area contributed by atoms with Crippen molar-refractivity contribution < 1.29 is 0 Å². The van der Waals surface area contributed by atoms with Crippen LogP contribution in [-0.4, -0.2) is 19.5 Å². The predicted molar refractivity (Wildman–Crippen MR) is 64.4 cm³/mol. The van der Waals surface area contributed by atoms with Gasteiger partial charge in [0.25, 0.3) is 0 Å². The van der Waals surface area contributed by atoms with Crippen molar-refractivity contribution in [2.75, 3.05) is 5.73 Å². The average Bonchev–Trinajstić information content (AvgIpc) is 2.61. The zero-order valence-corrected chi connectivity index (χ0v) is 10.1. The van der Waals surface area contributed by atoms with E-state index in [1.54, 1.807) is 6.33 Å². The van der Waals surface area contributed by atoms with Crippen LogP contribution in [0.2, 0.25) is 5.28 Å². The van der Waals surface area contributed by atoms with Crippen molar-refractivity contribution in [2.24, 2.45) is 0 Å². The Morgan fingerprint density at radius 1 is 1.50 bits per heavy atom. The van der Waals surface area contributed by atoms with Gasteiger partial charge in [0, 0.05) is 6.04 Å². The van der Waals surface area contributed by atoms with Gasteiger partial charge in [0.15, 0.2) is 11.5 Å². The smallest absolute Gasteiger partial charge is 0.226 e. The van der Waals surface area contributed by atoms with Crippen LogP contribution in [0, 0.1) is 0 Å². The van der Waals surface area contributed by atoms with Crippen molar-refractivity contribution in [1.82, 2.24) is 19.5 Å². The molecule has 1 atom stereocenters. The first-order chi connectivity index (χ1) is 7.63. The molecular formula is C10H14ClN5. The Labute approximate surface area is 98.7 Å². The Hall–Kier alpha value is -1.36. The second-order valence-electron chi connectivity index (χ2n) is 3.84. The van der Waals surface area contributed by atoms with Crippen molar-refractivity contribution in [3.05, 3.63) is 11.6 Å². The second kappa shape index (κ2) is 4.25. The maximum absolute atomic E-state index is 5.79. The second-order valence-corrected chi connectivity index (χ2v) is 4.18. The molecule has 16 heavy (non-hydrogen) atoms. The fourth-order valence-corrected chi connectivity index (χ4v) is 1.96. The number of nitrogens with zero attached hydrogens (tertiary/aromatic N) is 4. The van der Waals surface area contributed by atoms with Gasteiger partial charge in [-0.15, -0.1) is 0 Å². The van der Waals surface area contributed by atoms with Crippen LogP contribution in [0.5, 0.6) is 0 Å². The summed E-state index contributed by atoms with van der Waals surface area (Å²) in [5.41, 5.74) is 7.06. The van der Waals surface area contributed by atoms with E-state index in [0.717, 1.165) is 12.8 Å². The first-order valence-electron chi connectivity index (χ1n) is 5.29. The number of hydrogen-bond donors (Lipinski definition) is 1. The van der Waals surface area contributed by atoms with Crippen molar-refractivity contribution in [2.45, 2.75) is 32.7 Å². The zero-order valence-electron chi connectivity index (χ0n) is 9.31. The standard InChI is InChI=1S/C10H14ClN5/c1-3-4-6(2)16-5-13-7-8(12)14-10(11)15-9(7)16/h5-6H,3-4H2,1-2H3,(H2,12,14,15). The number of halogens is 1. The fraction of sp³-hybridized carbons (Fsp3) is 0.500. The van der Waals surface area contributed by atoms with Crippen LogP contribution in [0.25, 0.3) is 11.2 Å². The lowest BCUT2D eigenvalue weighted by molar-refractivity contribution is 0.509. The van der Waals surface area contributed by atoms with Crippen LogP contribution >= 0.6 is 11.6 Å². The molecule has 2 rings (SSSR count). The zero-order chi connectivity index (χ0) is 11.7. The lowest BCUT2D eigenvalue weighted by Gasteiger charge is -2.12. The van der Waals surface area contributed by atoms with Gasteiger partial charge in [0.2, 0.25) is 5.28 Å². The summed E-state index contributed by atoms with van der Waals surface area (Å²) in [7, 11) is 0. The highest BCUT2D eigenvalue weighted by Crippen LogP contribution is 2.23. The number of imidazole rings is 1. The van der Waals surface area contributed by atoms with E-state index >= 15 is 0 Å². The number of hydrogen-bond acceptors (Lipinski definition) is 4. The van der Waals surface area contributed by atoms with Gasteiger partial charge in [0.05, 0.1) is 6.33 Å². The molecule has 0 aliphatic rings. The van der Waals surface area contributed by atoms with Crippen molar-refractivity contribution in [1.29, 1.82) is 0 Å². The number of nitrogen functional groups attached to an aromatic ring is 1. The minimum atomic E-state index is 0.162. The number of rotatable bonds is 3. The van der Waals surface area contributed by atoms with Crippen molar-refractivity contribution in [3.8, 4) is 0 Å². The van der Waals surface area contributed by atoms with Crippen LogP contribution in [-0.2, 0) is 0 Å². The highest BCUT2D eigenvalue weighted by molar-refractivity contribution is 6.28.